The molecule has 31 heavy (non-hydrogen) atoms. The fourth-order valence-corrected chi connectivity index (χ4v) is 4.33. The molecule has 0 aliphatic carbocycles. The van der Waals surface area contributed by atoms with Gasteiger partial charge in [-0.15, -0.1) is 0 Å². The summed E-state index contributed by atoms with van der Waals surface area (Å²) >= 11 is 0. The minimum atomic E-state index is -1.38. The summed E-state index contributed by atoms with van der Waals surface area (Å²) in [6.07, 6.45) is 2.53. The van der Waals surface area contributed by atoms with Crippen molar-refractivity contribution in [2.75, 3.05) is 19.8 Å². The molecule has 1 unspecified atom stereocenters. The average Bonchev–Trinajstić information content (AvgIpc) is 3.16. The predicted molar refractivity (Wildman–Crippen MR) is 114 cm³/mol. The van der Waals surface area contributed by atoms with E-state index in [1.807, 2.05) is 51.1 Å². The molecule has 0 saturated carbocycles. The van der Waals surface area contributed by atoms with Crippen LogP contribution >= 0.6 is 0 Å². The molecule has 0 amide bonds. The van der Waals surface area contributed by atoms with E-state index >= 15 is 0 Å². The summed E-state index contributed by atoms with van der Waals surface area (Å²) < 4.78 is 30.2. The molecule has 1 atom stereocenters. The van der Waals surface area contributed by atoms with Crippen LogP contribution in [0.15, 0.2) is 41.7 Å². The van der Waals surface area contributed by atoms with Crippen molar-refractivity contribution >= 4 is 21.8 Å². The van der Waals surface area contributed by atoms with Gasteiger partial charge in [0.25, 0.3) is 0 Å². The van der Waals surface area contributed by atoms with E-state index < -0.39 is 16.6 Å². The van der Waals surface area contributed by atoms with E-state index in [0.717, 1.165) is 34.5 Å². The van der Waals surface area contributed by atoms with Crippen molar-refractivity contribution in [2.24, 2.45) is 5.92 Å². The molecule has 1 fully saturated rings. The van der Waals surface area contributed by atoms with Gasteiger partial charge in [-0.25, -0.2) is 0 Å². The number of nitrogens with zero attached hydrogens (tertiary/aromatic N) is 3. The van der Waals surface area contributed by atoms with Gasteiger partial charge in [0, 0.05) is 22.8 Å². The number of hydrogen-bond donors (Lipinski definition) is 0. The largest absolute Gasteiger partial charge is 1.00 e. The Bertz CT molecular complexity index is 1010. The molecule has 0 spiro atoms. The van der Waals surface area contributed by atoms with Gasteiger partial charge in [0.2, 0.25) is 0 Å². The molecule has 160 valence electrons. The first-order valence-electron chi connectivity index (χ1n) is 10.0. The van der Waals surface area contributed by atoms with Crippen molar-refractivity contribution in [2.45, 2.75) is 43.9 Å². The van der Waals surface area contributed by atoms with Crippen LogP contribution in [0.3, 0.4) is 0 Å². The predicted octanol–water partition coefficient (Wildman–Crippen LogP) is 0.375. The Balaban J connectivity index is 0.00000272. The molecule has 1 aromatic carbocycles. The number of rotatable bonds is 7. The number of benzene rings is 1. The summed E-state index contributed by atoms with van der Waals surface area (Å²) in [6.45, 7) is 7.69. The third kappa shape index (κ3) is 6.15. The maximum absolute atomic E-state index is 12.8. The van der Waals surface area contributed by atoms with E-state index in [9.17, 15) is 4.21 Å². The molecule has 1 aliphatic rings. The summed E-state index contributed by atoms with van der Waals surface area (Å²) in [5.41, 5.74) is 3.12. The molecule has 0 N–H and O–H groups in total. The zero-order valence-electron chi connectivity index (χ0n) is 18.5. The zero-order chi connectivity index (χ0) is 21.1. The third-order valence-corrected chi connectivity index (χ3v) is 6.29. The van der Waals surface area contributed by atoms with Crippen LogP contribution in [0.25, 0.3) is 11.0 Å². The summed E-state index contributed by atoms with van der Waals surface area (Å²) in [4.78, 5) is 13.2. The zero-order valence-corrected chi connectivity index (χ0v) is 21.3. The molecule has 9 heteroatoms. The fraction of sp³-hybridized carbons (Fsp3) is 0.455. The van der Waals surface area contributed by atoms with E-state index in [2.05, 4.69) is 15.0 Å². The van der Waals surface area contributed by atoms with Gasteiger partial charge in [0.15, 0.2) is 5.79 Å². The topological polar surface area (TPSA) is 84.6 Å². The van der Waals surface area contributed by atoms with Gasteiger partial charge in [-0.2, -0.15) is 0 Å². The Morgan fingerprint density at radius 3 is 2.71 bits per heavy atom. The molecular weight excluding hydrogens is 425 g/mol. The number of aromatic nitrogens is 3. The van der Waals surface area contributed by atoms with Gasteiger partial charge in [0.1, 0.15) is 5.75 Å². The standard InChI is InChI=1S/C22H26N3O4S.Na/c1-15-19(14-30(26)21-24-17-6-4-5-7-18(17)25-21)23-10-8-20(15)27-11-9-16-12-28-22(2,3)29-13-16;/h4-8,10,16H,9,11-14H2,1-3H3;/q-1;+1. The molecular formula is C22H26N3NaO4S. The van der Waals surface area contributed by atoms with Crippen LogP contribution in [0.5, 0.6) is 5.75 Å². The average molecular weight is 452 g/mol. The second-order valence-corrected chi connectivity index (χ2v) is 9.24. The third-order valence-electron chi connectivity index (χ3n) is 5.16. The summed E-state index contributed by atoms with van der Waals surface area (Å²) in [6, 6.07) is 9.35. The molecule has 1 saturated heterocycles. The van der Waals surface area contributed by atoms with E-state index in [-0.39, 0.29) is 35.3 Å². The number of para-hydroxylation sites is 2. The van der Waals surface area contributed by atoms with Crippen LogP contribution in [-0.2, 0) is 26.0 Å². The maximum atomic E-state index is 12.8. The van der Waals surface area contributed by atoms with Crippen molar-refractivity contribution < 1.29 is 48.0 Å². The molecule has 0 radical (unpaired) electrons. The van der Waals surface area contributed by atoms with Crippen molar-refractivity contribution in [3.05, 3.63) is 47.8 Å². The van der Waals surface area contributed by atoms with E-state index in [1.54, 1.807) is 6.20 Å². The first-order valence-corrected chi connectivity index (χ1v) is 11.4. The molecule has 2 aromatic heterocycles. The number of imidazole rings is 1. The Morgan fingerprint density at radius 2 is 1.97 bits per heavy atom. The molecule has 7 nitrogen and oxygen atoms in total. The molecule has 0 bridgehead atoms. The number of ether oxygens (including phenoxy) is 3. The van der Waals surface area contributed by atoms with E-state index in [4.69, 9.17) is 14.2 Å². The van der Waals surface area contributed by atoms with Crippen LogP contribution in [0, 0.1) is 12.8 Å². The molecule has 3 aromatic rings. The van der Waals surface area contributed by atoms with Crippen molar-refractivity contribution in [1.82, 2.24) is 15.0 Å². The first kappa shape index (κ1) is 24.4. The number of pyridine rings is 1. The van der Waals surface area contributed by atoms with Gasteiger partial charge < -0.3 is 24.2 Å². The van der Waals surface area contributed by atoms with Crippen LogP contribution < -0.4 is 39.3 Å². The number of fused-ring (bicyclic) bond motifs is 1. The minimum absolute atomic E-state index is 0. The van der Waals surface area contributed by atoms with Crippen molar-refractivity contribution in [1.29, 1.82) is 0 Å². The molecule has 1 aliphatic heterocycles. The quantitative estimate of drug-likeness (QED) is 0.480. The minimum Gasteiger partial charge on any atom is -0.493 e. The SMILES string of the molecule is Cc1c(OCCC2COC(C)(C)OC2)ccnc1CS(=O)c1nc2ccccc2[n-]1.[Na+]. The Labute approximate surface area is 207 Å². The van der Waals surface area contributed by atoms with Crippen LogP contribution in [0.4, 0.5) is 0 Å². The smallest absolute Gasteiger partial charge is 0.493 e. The second-order valence-electron chi connectivity index (χ2n) is 7.89. The summed E-state index contributed by atoms with van der Waals surface area (Å²) in [7, 11) is -1.38. The Hall–Kier alpha value is -1.29. The molecule has 3 heterocycles. The Kier molecular flexibility index (Phi) is 8.29. The van der Waals surface area contributed by atoms with Crippen LogP contribution in [0.2, 0.25) is 0 Å². The van der Waals surface area contributed by atoms with Gasteiger partial charge >= 0.3 is 29.6 Å². The normalized spacial score (nSPS) is 17.3. The van der Waals surface area contributed by atoms with Crippen molar-refractivity contribution in [3.8, 4) is 5.75 Å². The van der Waals surface area contributed by atoms with Gasteiger partial charge in [-0.05, 0) is 44.3 Å². The summed E-state index contributed by atoms with van der Waals surface area (Å²) in [5, 5.41) is 0.337. The first-order chi connectivity index (χ1) is 14.4. The van der Waals surface area contributed by atoms with Crippen LogP contribution in [-0.4, -0.2) is 39.8 Å². The van der Waals surface area contributed by atoms with Gasteiger partial charge in [0.05, 0.1) is 42.1 Å². The van der Waals surface area contributed by atoms with Crippen LogP contribution in [0.1, 0.15) is 31.5 Å². The van der Waals surface area contributed by atoms with E-state index in [0.29, 0.717) is 30.9 Å². The maximum Gasteiger partial charge on any atom is 1.00 e. The van der Waals surface area contributed by atoms with Gasteiger partial charge in [-0.1, -0.05) is 24.3 Å². The molecule has 4 rings (SSSR count). The van der Waals surface area contributed by atoms with Gasteiger partial charge in [-0.3, -0.25) is 9.19 Å². The fourth-order valence-electron chi connectivity index (χ4n) is 3.26. The summed E-state index contributed by atoms with van der Waals surface area (Å²) in [5.74, 6) is 0.818. The monoisotopic (exact) mass is 451 g/mol. The Morgan fingerprint density at radius 1 is 1.23 bits per heavy atom. The number of hydrogen-bond acceptors (Lipinski definition) is 6. The van der Waals surface area contributed by atoms with E-state index in [1.165, 1.54) is 0 Å². The second kappa shape index (κ2) is 10.6. The van der Waals surface area contributed by atoms with Crippen molar-refractivity contribution in [3.63, 3.8) is 0 Å².